The predicted octanol–water partition coefficient (Wildman–Crippen LogP) is 2.59. The molecule has 1 aliphatic heterocycles. The van der Waals surface area contributed by atoms with E-state index in [-0.39, 0.29) is 5.78 Å². The van der Waals surface area contributed by atoms with Gasteiger partial charge < -0.3 is 9.47 Å². The monoisotopic (exact) mass is 308 g/mol. The lowest BCUT2D eigenvalue weighted by atomic mass is 10.1. The van der Waals surface area contributed by atoms with E-state index >= 15 is 0 Å². The Morgan fingerprint density at radius 3 is 2.85 bits per heavy atom. The largest absolute Gasteiger partial charge is 0.486 e. The van der Waals surface area contributed by atoms with Crippen LogP contribution in [0.5, 0.6) is 11.5 Å². The van der Waals surface area contributed by atoms with Crippen molar-refractivity contribution in [3.8, 4) is 11.5 Å². The summed E-state index contributed by atoms with van der Waals surface area (Å²) in [5.41, 5.74) is 0.628. The van der Waals surface area contributed by atoms with Crippen LogP contribution >= 0.6 is 23.1 Å². The van der Waals surface area contributed by atoms with Crippen molar-refractivity contribution < 1.29 is 14.3 Å². The standard InChI is InChI=1S/C13H12N2O3S2/c1-8-14-15-13(20-8)19-7-10(16)9-2-3-11-12(6-9)18-5-4-17-11/h2-3,6H,4-5,7H2,1H3. The zero-order chi connectivity index (χ0) is 13.9. The molecule has 1 aromatic heterocycles. The molecule has 3 rings (SSSR count). The van der Waals surface area contributed by atoms with Crippen LogP contribution < -0.4 is 9.47 Å². The molecule has 0 radical (unpaired) electrons. The third-order valence-electron chi connectivity index (χ3n) is 2.70. The van der Waals surface area contributed by atoms with Crippen LogP contribution in [0.2, 0.25) is 0 Å². The number of carbonyl (C=O) groups excluding carboxylic acids is 1. The topological polar surface area (TPSA) is 61.3 Å². The van der Waals surface area contributed by atoms with E-state index in [1.165, 1.54) is 23.1 Å². The molecule has 20 heavy (non-hydrogen) atoms. The van der Waals surface area contributed by atoms with Crippen LogP contribution in [0.25, 0.3) is 0 Å². The highest BCUT2D eigenvalue weighted by Gasteiger charge is 2.15. The average molecular weight is 308 g/mol. The Balaban J connectivity index is 1.67. The second kappa shape index (κ2) is 5.80. The molecule has 1 aromatic carbocycles. The van der Waals surface area contributed by atoms with Crippen molar-refractivity contribution in [2.45, 2.75) is 11.3 Å². The van der Waals surface area contributed by atoms with Crippen LogP contribution in [-0.2, 0) is 0 Å². The lowest BCUT2D eigenvalue weighted by molar-refractivity contribution is 0.102. The number of nitrogens with zero attached hydrogens (tertiary/aromatic N) is 2. The van der Waals surface area contributed by atoms with E-state index in [0.717, 1.165) is 9.35 Å². The minimum absolute atomic E-state index is 0.0415. The molecular formula is C13H12N2O3S2. The summed E-state index contributed by atoms with van der Waals surface area (Å²) in [6.07, 6.45) is 0. The summed E-state index contributed by atoms with van der Waals surface area (Å²) in [5, 5.41) is 8.81. The number of hydrogen-bond acceptors (Lipinski definition) is 7. The van der Waals surface area contributed by atoms with E-state index in [2.05, 4.69) is 10.2 Å². The highest BCUT2D eigenvalue weighted by atomic mass is 32.2. The number of Topliss-reactive ketones (excluding diaryl/α,β-unsaturated/α-hetero) is 1. The van der Waals surface area contributed by atoms with E-state index in [1.54, 1.807) is 18.2 Å². The van der Waals surface area contributed by atoms with Gasteiger partial charge in [-0.15, -0.1) is 10.2 Å². The molecule has 104 valence electrons. The first-order valence-electron chi connectivity index (χ1n) is 6.08. The van der Waals surface area contributed by atoms with E-state index in [9.17, 15) is 4.79 Å². The molecule has 5 nitrogen and oxygen atoms in total. The number of carbonyl (C=O) groups is 1. The molecule has 0 amide bonds. The smallest absolute Gasteiger partial charge is 0.174 e. The van der Waals surface area contributed by atoms with E-state index in [0.29, 0.717) is 36.0 Å². The number of ketones is 1. The van der Waals surface area contributed by atoms with Gasteiger partial charge in [0.15, 0.2) is 21.6 Å². The number of rotatable bonds is 4. The quantitative estimate of drug-likeness (QED) is 0.639. The molecule has 0 saturated heterocycles. The van der Waals surface area contributed by atoms with Crippen LogP contribution in [0.3, 0.4) is 0 Å². The van der Waals surface area contributed by atoms with E-state index in [1.807, 2.05) is 6.92 Å². The van der Waals surface area contributed by atoms with E-state index in [4.69, 9.17) is 9.47 Å². The minimum Gasteiger partial charge on any atom is -0.486 e. The van der Waals surface area contributed by atoms with Crippen molar-refractivity contribution >= 4 is 28.9 Å². The van der Waals surface area contributed by atoms with Gasteiger partial charge in [-0.1, -0.05) is 23.1 Å². The number of fused-ring (bicyclic) bond motifs is 1. The van der Waals surface area contributed by atoms with Gasteiger partial charge in [0.25, 0.3) is 0 Å². The maximum absolute atomic E-state index is 12.1. The van der Waals surface area contributed by atoms with Gasteiger partial charge in [0.2, 0.25) is 0 Å². The zero-order valence-corrected chi connectivity index (χ0v) is 12.4. The summed E-state index contributed by atoms with van der Waals surface area (Å²) < 4.78 is 11.7. The molecule has 0 atom stereocenters. The van der Waals surface area contributed by atoms with Crippen molar-refractivity contribution in [2.75, 3.05) is 19.0 Å². The molecular weight excluding hydrogens is 296 g/mol. The fourth-order valence-corrected chi connectivity index (χ4v) is 3.47. The number of aromatic nitrogens is 2. The first-order chi connectivity index (χ1) is 9.72. The molecule has 0 bridgehead atoms. The second-order valence-electron chi connectivity index (χ2n) is 4.16. The third-order valence-corrected chi connectivity index (χ3v) is 4.67. The number of thioether (sulfide) groups is 1. The SMILES string of the molecule is Cc1nnc(SCC(=O)c2ccc3c(c2)OCCO3)s1. The normalized spacial score (nSPS) is 13.2. The lowest BCUT2D eigenvalue weighted by Crippen LogP contribution is -2.16. The van der Waals surface area contributed by atoms with Gasteiger partial charge in [-0.2, -0.15) is 0 Å². The van der Waals surface area contributed by atoms with Gasteiger partial charge >= 0.3 is 0 Å². The van der Waals surface area contributed by atoms with Crippen molar-refractivity contribution in [3.05, 3.63) is 28.8 Å². The van der Waals surface area contributed by atoms with Crippen LogP contribution in [0.15, 0.2) is 22.5 Å². The van der Waals surface area contributed by atoms with Gasteiger partial charge in [-0.25, -0.2) is 0 Å². The fraction of sp³-hybridized carbons (Fsp3) is 0.308. The molecule has 0 saturated carbocycles. The maximum atomic E-state index is 12.1. The Hall–Kier alpha value is -1.60. The fourth-order valence-electron chi connectivity index (χ4n) is 1.76. The highest BCUT2D eigenvalue weighted by molar-refractivity contribution is 8.01. The molecule has 7 heteroatoms. The molecule has 2 heterocycles. The Labute approximate surface area is 124 Å². The Morgan fingerprint density at radius 1 is 1.30 bits per heavy atom. The second-order valence-corrected chi connectivity index (χ2v) is 6.56. The Morgan fingerprint density at radius 2 is 2.10 bits per heavy atom. The summed E-state index contributed by atoms with van der Waals surface area (Å²) >= 11 is 2.90. The molecule has 0 aliphatic carbocycles. The van der Waals surface area contributed by atoms with Gasteiger partial charge in [-0.05, 0) is 25.1 Å². The number of benzene rings is 1. The number of ether oxygens (including phenoxy) is 2. The number of hydrogen-bond donors (Lipinski definition) is 0. The van der Waals surface area contributed by atoms with Crippen LogP contribution in [0.1, 0.15) is 15.4 Å². The molecule has 0 N–H and O–H groups in total. The molecule has 0 fully saturated rings. The Bertz CT molecular complexity index is 642. The van der Waals surface area contributed by atoms with Gasteiger partial charge in [-0.3, -0.25) is 4.79 Å². The van der Waals surface area contributed by atoms with Crippen molar-refractivity contribution in [1.29, 1.82) is 0 Å². The number of aryl methyl sites for hydroxylation is 1. The van der Waals surface area contributed by atoms with Crippen LogP contribution in [-0.4, -0.2) is 34.9 Å². The van der Waals surface area contributed by atoms with Crippen molar-refractivity contribution in [1.82, 2.24) is 10.2 Å². The minimum atomic E-state index is 0.0415. The van der Waals surface area contributed by atoms with Gasteiger partial charge in [0, 0.05) is 5.56 Å². The molecule has 2 aromatic rings. The summed E-state index contributed by atoms with van der Waals surface area (Å²) in [6, 6.07) is 5.28. The highest BCUT2D eigenvalue weighted by Crippen LogP contribution is 2.31. The summed E-state index contributed by atoms with van der Waals surface area (Å²) in [5.74, 6) is 1.72. The summed E-state index contributed by atoms with van der Waals surface area (Å²) in [7, 11) is 0. The Kier molecular flexibility index (Phi) is 3.88. The van der Waals surface area contributed by atoms with Crippen molar-refractivity contribution in [3.63, 3.8) is 0 Å². The zero-order valence-electron chi connectivity index (χ0n) is 10.8. The van der Waals surface area contributed by atoms with Crippen molar-refractivity contribution in [2.24, 2.45) is 0 Å². The lowest BCUT2D eigenvalue weighted by Gasteiger charge is -2.18. The first kappa shape index (κ1) is 13.4. The average Bonchev–Trinajstić information content (AvgIpc) is 2.90. The predicted molar refractivity (Wildman–Crippen MR) is 77.1 cm³/mol. The van der Waals surface area contributed by atoms with Gasteiger partial charge in [0.05, 0.1) is 5.75 Å². The molecule has 0 unspecified atom stereocenters. The summed E-state index contributed by atoms with van der Waals surface area (Å²) in [4.78, 5) is 12.1. The molecule has 1 aliphatic rings. The van der Waals surface area contributed by atoms with Crippen LogP contribution in [0, 0.1) is 6.92 Å². The first-order valence-corrected chi connectivity index (χ1v) is 7.88. The van der Waals surface area contributed by atoms with E-state index < -0.39 is 0 Å². The third kappa shape index (κ3) is 2.94. The summed E-state index contributed by atoms with van der Waals surface area (Å²) in [6.45, 7) is 2.96. The molecule has 0 spiro atoms. The van der Waals surface area contributed by atoms with Crippen LogP contribution in [0.4, 0.5) is 0 Å². The van der Waals surface area contributed by atoms with Gasteiger partial charge in [0.1, 0.15) is 18.2 Å². The maximum Gasteiger partial charge on any atom is 0.174 e.